The fourth-order valence-electron chi connectivity index (χ4n) is 3.22. The zero-order valence-electron chi connectivity index (χ0n) is 11.8. The van der Waals surface area contributed by atoms with Crippen molar-refractivity contribution < 1.29 is 13.2 Å². The molecule has 3 N–H and O–H groups in total. The molecular formula is C14H19N3O3S. The Bertz CT molecular complexity index is 659. The number of carbonyl (C=O) groups excluding carboxylic acids is 1. The summed E-state index contributed by atoms with van der Waals surface area (Å²) in [5, 5.41) is 6.28. The van der Waals surface area contributed by atoms with Crippen LogP contribution in [0.2, 0.25) is 0 Å². The van der Waals surface area contributed by atoms with Gasteiger partial charge in [0.2, 0.25) is 15.9 Å². The Morgan fingerprint density at radius 3 is 2.52 bits per heavy atom. The van der Waals surface area contributed by atoms with E-state index in [-0.39, 0.29) is 17.9 Å². The summed E-state index contributed by atoms with van der Waals surface area (Å²) in [5.41, 5.74) is 0.889. The Kier molecular flexibility index (Phi) is 3.62. The van der Waals surface area contributed by atoms with Gasteiger partial charge in [0, 0.05) is 12.1 Å². The van der Waals surface area contributed by atoms with E-state index in [0.29, 0.717) is 17.4 Å². The number of nitrogens with one attached hydrogen (secondary N) is 3. The molecule has 2 heterocycles. The van der Waals surface area contributed by atoms with Gasteiger partial charge in [0.25, 0.3) is 0 Å². The normalized spacial score (nSPS) is 27.6. The third-order valence-corrected chi connectivity index (χ3v) is 4.71. The summed E-state index contributed by atoms with van der Waals surface area (Å²) in [4.78, 5) is 12.4. The third kappa shape index (κ3) is 3.19. The summed E-state index contributed by atoms with van der Waals surface area (Å²) in [5.74, 6) is -0.0764. The average Bonchev–Trinajstić information content (AvgIpc) is 3.01. The highest BCUT2D eigenvalue weighted by molar-refractivity contribution is 7.92. The Labute approximate surface area is 124 Å². The van der Waals surface area contributed by atoms with E-state index in [0.717, 1.165) is 25.5 Å². The van der Waals surface area contributed by atoms with E-state index in [2.05, 4.69) is 15.4 Å². The predicted molar refractivity (Wildman–Crippen MR) is 81.6 cm³/mol. The van der Waals surface area contributed by atoms with Gasteiger partial charge in [0.1, 0.15) is 0 Å². The van der Waals surface area contributed by atoms with Gasteiger partial charge in [-0.15, -0.1) is 0 Å². The fraction of sp³-hybridized carbons (Fsp3) is 0.500. The summed E-state index contributed by atoms with van der Waals surface area (Å²) in [6.45, 7) is 0. The van der Waals surface area contributed by atoms with Gasteiger partial charge in [-0.3, -0.25) is 9.52 Å². The van der Waals surface area contributed by atoms with Gasteiger partial charge >= 0.3 is 0 Å². The third-order valence-electron chi connectivity index (χ3n) is 4.12. The Balaban J connectivity index is 1.74. The molecule has 2 saturated heterocycles. The van der Waals surface area contributed by atoms with Crippen molar-refractivity contribution in [1.82, 2.24) is 5.32 Å². The first-order valence-corrected chi connectivity index (χ1v) is 8.95. The molecule has 3 rings (SSSR count). The summed E-state index contributed by atoms with van der Waals surface area (Å²) < 4.78 is 25.2. The molecule has 114 valence electrons. The number of carbonyl (C=O) groups is 1. The van der Waals surface area contributed by atoms with Crippen LogP contribution in [-0.4, -0.2) is 32.7 Å². The Hall–Kier alpha value is -1.60. The highest BCUT2D eigenvalue weighted by Crippen LogP contribution is 2.34. The second-order valence-corrected chi connectivity index (χ2v) is 7.55. The van der Waals surface area contributed by atoms with Crippen LogP contribution in [-0.2, 0) is 14.8 Å². The van der Waals surface area contributed by atoms with Crippen molar-refractivity contribution in [2.75, 3.05) is 16.3 Å². The topological polar surface area (TPSA) is 87.3 Å². The van der Waals surface area contributed by atoms with Crippen LogP contribution in [0.5, 0.6) is 0 Å². The quantitative estimate of drug-likeness (QED) is 0.778. The lowest BCUT2D eigenvalue weighted by atomic mass is 9.88. The maximum atomic E-state index is 12.4. The van der Waals surface area contributed by atoms with E-state index >= 15 is 0 Å². The van der Waals surface area contributed by atoms with Gasteiger partial charge in [-0.2, -0.15) is 0 Å². The molecule has 0 spiro atoms. The molecule has 0 aliphatic carbocycles. The lowest BCUT2D eigenvalue weighted by Crippen LogP contribution is -2.33. The zero-order valence-corrected chi connectivity index (χ0v) is 12.6. The van der Waals surface area contributed by atoms with E-state index in [1.165, 1.54) is 0 Å². The van der Waals surface area contributed by atoms with Crippen LogP contribution in [0.15, 0.2) is 24.3 Å². The summed E-state index contributed by atoms with van der Waals surface area (Å²) in [6, 6.07) is 7.53. The molecule has 0 saturated carbocycles. The number of anilines is 2. The number of hydrogen-bond donors (Lipinski definition) is 3. The zero-order chi connectivity index (χ0) is 15.0. The molecule has 6 nitrogen and oxygen atoms in total. The minimum Gasteiger partial charge on any atom is -0.324 e. The van der Waals surface area contributed by atoms with Crippen molar-refractivity contribution in [2.45, 2.75) is 31.3 Å². The molecule has 0 radical (unpaired) electrons. The van der Waals surface area contributed by atoms with Crippen molar-refractivity contribution in [3.05, 3.63) is 24.3 Å². The van der Waals surface area contributed by atoms with Gasteiger partial charge in [-0.25, -0.2) is 8.42 Å². The lowest BCUT2D eigenvalue weighted by molar-refractivity contribution is -0.120. The highest BCUT2D eigenvalue weighted by atomic mass is 32.2. The lowest BCUT2D eigenvalue weighted by Gasteiger charge is -2.20. The highest BCUT2D eigenvalue weighted by Gasteiger charge is 2.42. The molecule has 1 amide bonds. The molecule has 3 atom stereocenters. The van der Waals surface area contributed by atoms with Gasteiger partial charge in [0.05, 0.1) is 23.5 Å². The number of hydrogen-bond acceptors (Lipinski definition) is 4. The molecule has 7 heteroatoms. The first-order valence-electron chi connectivity index (χ1n) is 7.06. The first-order chi connectivity index (χ1) is 9.92. The molecule has 21 heavy (non-hydrogen) atoms. The van der Waals surface area contributed by atoms with E-state index in [9.17, 15) is 13.2 Å². The van der Waals surface area contributed by atoms with Crippen LogP contribution in [0.4, 0.5) is 11.4 Å². The van der Waals surface area contributed by atoms with Gasteiger partial charge in [-0.1, -0.05) is 12.1 Å². The average molecular weight is 309 g/mol. The van der Waals surface area contributed by atoms with E-state index < -0.39 is 10.0 Å². The monoisotopic (exact) mass is 309 g/mol. The predicted octanol–water partition coefficient (Wildman–Crippen LogP) is 1.14. The Morgan fingerprint density at radius 2 is 1.95 bits per heavy atom. The first kappa shape index (κ1) is 14.3. The SMILES string of the molecule is CS(=O)(=O)Nc1ccccc1NC(=O)C1CC2CCC1N2. The number of benzene rings is 1. The maximum Gasteiger partial charge on any atom is 0.229 e. The largest absolute Gasteiger partial charge is 0.324 e. The maximum absolute atomic E-state index is 12.4. The summed E-state index contributed by atoms with van der Waals surface area (Å²) in [7, 11) is -3.38. The number of sulfonamides is 1. The molecule has 2 fully saturated rings. The smallest absolute Gasteiger partial charge is 0.229 e. The number of amides is 1. The Morgan fingerprint density at radius 1 is 1.24 bits per heavy atom. The van der Waals surface area contributed by atoms with Crippen LogP contribution in [0, 0.1) is 5.92 Å². The number of para-hydroxylation sites is 2. The summed E-state index contributed by atoms with van der Waals surface area (Å²) >= 11 is 0. The molecule has 2 aliphatic heterocycles. The van der Waals surface area contributed by atoms with E-state index in [4.69, 9.17) is 0 Å². The van der Waals surface area contributed by atoms with Crippen LogP contribution in [0.25, 0.3) is 0 Å². The van der Waals surface area contributed by atoms with Crippen LogP contribution < -0.4 is 15.4 Å². The van der Waals surface area contributed by atoms with Crippen LogP contribution >= 0.6 is 0 Å². The van der Waals surface area contributed by atoms with E-state index in [1.54, 1.807) is 24.3 Å². The summed E-state index contributed by atoms with van der Waals surface area (Å²) in [6.07, 6.45) is 4.12. The minimum absolute atomic E-state index is 0.0324. The minimum atomic E-state index is -3.38. The standard InChI is InChI=1S/C14H19N3O3S/c1-21(19,20)17-13-5-3-2-4-12(13)16-14(18)10-8-9-6-7-11(10)15-9/h2-5,9-11,15,17H,6-8H2,1H3,(H,16,18). The molecule has 0 aromatic heterocycles. The van der Waals surface area contributed by atoms with Crippen molar-refractivity contribution in [3.8, 4) is 0 Å². The van der Waals surface area contributed by atoms with Crippen LogP contribution in [0.3, 0.4) is 0 Å². The molecular weight excluding hydrogens is 290 g/mol. The van der Waals surface area contributed by atoms with E-state index in [1.807, 2.05) is 0 Å². The second kappa shape index (κ2) is 5.31. The molecule has 2 bridgehead atoms. The fourth-order valence-corrected chi connectivity index (χ4v) is 3.80. The van der Waals surface area contributed by atoms with Crippen molar-refractivity contribution >= 4 is 27.3 Å². The van der Waals surface area contributed by atoms with Gasteiger partial charge < -0.3 is 10.6 Å². The van der Waals surface area contributed by atoms with Crippen molar-refractivity contribution in [2.24, 2.45) is 5.92 Å². The second-order valence-electron chi connectivity index (χ2n) is 5.80. The molecule has 2 aliphatic rings. The number of fused-ring (bicyclic) bond motifs is 2. The van der Waals surface area contributed by atoms with Crippen molar-refractivity contribution in [3.63, 3.8) is 0 Å². The molecule has 1 aromatic carbocycles. The van der Waals surface area contributed by atoms with Gasteiger partial charge in [-0.05, 0) is 31.4 Å². The molecule has 3 unspecified atom stereocenters. The molecule has 1 aromatic rings. The van der Waals surface area contributed by atoms with Crippen LogP contribution in [0.1, 0.15) is 19.3 Å². The van der Waals surface area contributed by atoms with Crippen molar-refractivity contribution in [1.29, 1.82) is 0 Å². The number of rotatable bonds is 4. The van der Waals surface area contributed by atoms with Gasteiger partial charge in [0.15, 0.2) is 0 Å².